The molecule has 0 radical (unpaired) electrons. The molecule has 6 saturated heterocycles. The Hall–Kier alpha value is -0.860. The molecule has 6 aliphatic heterocycles. The van der Waals surface area contributed by atoms with Gasteiger partial charge in [-0.25, -0.2) is 15.0 Å². The van der Waals surface area contributed by atoms with Crippen LogP contribution in [0.3, 0.4) is 0 Å². The van der Waals surface area contributed by atoms with Gasteiger partial charge in [0.1, 0.15) is 11.6 Å². The van der Waals surface area contributed by atoms with Crippen molar-refractivity contribution in [2.24, 2.45) is 0 Å². The highest BCUT2D eigenvalue weighted by atomic mass is 127. The predicted octanol–water partition coefficient (Wildman–Crippen LogP) is 6.60. The minimum Gasteiger partial charge on any atom is -0.377 e. The summed E-state index contributed by atoms with van der Waals surface area (Å²) in [6.45, 7) is 26.5. The molecule has 0 spiro atoms. The van der Waals surface area contributed by atoms with Crippen molar-refractivity contribution in [1.82, 2.24) is 34.6 Å². The van der Waals surface area contributed by atoms with E-state index in [2.05, 4.69) is 181 Å². The van der Waals surface area contributed by atoms with Crippen LogP contribution in [0.4, 0.5) is 16.0 Å². The van der Waals surface area contributed by atoms with Crippen LogP contribution >= 0.6 is 45.2 Å². The van der Waals surface area contributed by atoms with Crippen LogP contribution in [0.5, 0.6) is 0 Å². The van der Waals surface area contributed by atoms with Crippen molar-refractivity contribution in [3.05, 3.63) is 110 Å². The molecule has 4 aromatic rings. The number of benzene rings is 1. The Morgan fingerprint density at radius 3 is 1.30 bits per heavy atom. The van der Waals surface area contributed by atoms with E-state index in [1.54, 1.807) is 65.5 Å². The standard InChI is InChI=1S/C15H19N3O.C15H22N2O.C13H18IN3O.C5H3FIN.CH4.S10/c1-3-13-4-5-14(16-10-13)17-6-8-18(9-7-17)15(2)11-19-12-15;1-15(12-18-13-15)17-9-7-16(8-10-17)11-14-5-3-2-4-6-14;1-13(9-18-10-13)17-6-4-16(5-7-17)12-3-2-11(14)8-15-12;6-5-2-1-4(7)3-8-5;;1-3-5-7-9-10-8-6-4-2/h1,4-5,10H,6-9,11-12H2,2H3;2-6H,7-13H2,1H3;2-3,8H,4-7,9-10H2,1H3;1-3H;1H4;. The number of anilines is 2. The van der Waals surface area contributed by atoms with Crippen LogP contribution in [0.2, 0.25) is 0 Å². The second-order valence-electron chi connectivity index (χ2n) is 18.4. The van der Waals surface area contributed by atoms with Gasteiger partial charge in [0, 0.05) is 210 Å². The minimum absolute atomic E-state index is 0. The van der Waals surface area contributed by atoms with Gasteiger partial charge in [0.15, 0.2) is 0 Å². The summed E-state index contributed by atoms with van der Waals surface area (Å²) in [7, 11) is 12.7. The first-order valence-electron chi connectivity index (χ1n) is 23.5. The summed E-state index contributed by atoms with van der Waals surface area (Å²) in [5, 5.41) is 0. The third kappa shape index (κ3) is 20.7. The van der Waals surface area contributed by atoms with Crippen LogP contribution in [0, 0.1) is 25.4 Å². The minimum atomic E-state index is -0.426. The molecule has 10 rings (SSSR count). The molecule has 0 aliphatic carbocycles. The van der Waals surface area contributed by atoms with E-state index in [0.717, 1.165) is 119 Å². The molecule has 74 heavy (non-hydrogen) atoms. The maximum absolute atomic E-state index is 12.0. The number of halogens is 3. The third-order valence-electron chi connectivity index (χ3n) is 13.1. The van der Waals surface area contributed by atoms with Gasteiger partial charge >= 0.3 is 0 Å². The topological polar surface area (TPSA) is 85.8 Å². The zero-order chi connectivity index (χ0) is 51.9. The molecule has 406 valence electrons. The van der Waals surface area contributed by atoms with Gasteiger partial charge < -0.3 is 24.0 Å². The van der Waals surface area contributed by atoms with E-state index in [0.29, 0.717) is 5.54 Å². The number of piperazine rings is 3. The van der Waals surface area contributed by atoms with E-state index in [4.69, 9.17) is 20.6 Å². The Labute approximate surface area is 498 Å². The molecule has 25 heteroatoms. The molecule has 0 atom stereocenters. The van der Waals surface area contributed by atoms with Gasteiger partial charge in [-0.2, -0.15) is 4.39 Å². The highest BCUT2D eigenvalue weighted by molar-refractivity contribution is 14.1. The summed E-state index contributed by atoms with van der Waals surface area (Å²) < 4.78 is 30.2. The van der Waals surface area contributed by atoms with Gasteiger partial charge in [-0.05, 0) is 108 Å². The fraction of sp³-hybridized carbons (Fsp3) is 0.531. The second-order valence-corrected chi connectivity index (χ2v) is 35.0. The van der Waals surface area contributed by atoms with E-state index >= 15 is 0 Å². The number of pyridine rings is 3. The maximum atomic E-state index is 12.0. The molecule has 3 aromatic heterocycles. The van der Waals surface area contributed by atoms with Crippen LogP contribution in [-0.4, -0.2) is 169 Å². The van der Waals surface area contributed by atoms with Crippen LogP contribution in [0.1, 0.15) is 39.3 Å². The normalized spacial score (nSPS) is 19.5. The zero-order valence-corrected chi connectivity index (χ0v) is 53.5. The molecule has 0 amide bonds. The van der Waals surface area contributed by atoms with Crippen molar-refractivity contribution in [3.63, 3.8) is 0 Å². The molecule has 0 saturated carbocycles. The van der Waals surface area contributed by atoms with Crippen molar-refractivity contribution in [2.75, 3.05) is 128 Å². The molecule has 0 unspecified atom stereocenters. The average molecular weight is 1420 g/mol. The van der Waals surface area contributed by atoms with Crippen molar-refractivity contribution in [1.29, 1.82) is 0 Å². The van der Waals surface area contributed by atoms with Crippen molar-refractivity contribution >= 4 is 150 Å². The lowest BCUT2D eigenvalue weighted by Crippen LogP contribution is -2.64. The Balaban J connectivity index is 0.000000177. The largest absolute Gasteiger partial charge is 0.377 e. The molecule has 1 aromatic carbocycles. The fourth-order valence-corrected chi connectivity index (χ4v) is 25.7. The first-order chi connectivity index (χ1) is 35.3. The lowest BCUT2D eigenvalue weighted by molar-refractivity contribution is -0.140. The van der Waals surface area contributed by atoms with Crippen LogP contribution in [-0.2, 0) is 114 Å². The van der Waals surface area contributed by atoms with E-state index in [-0.39, 0.29) is 18.5 Å². The molecule has 9 heterocycles. The third-order valence-corrected chi connectivity index (χ3v) is 29.9. The van der Waals surface area contributed by atoms with Crippen molar-refractivity contribution in [3.8, 4) is 12.3 Å². The Morgan fingerprint density at radius 2 is 0.959 bits per heavy atom. The summed E-state index contributed by atoms with van der Waals surface area (Å²) >= 11 is 13.7. The quantitative estimate of drug-likeness (QED) is 0.113. The molecule has 0 bridgehead atoms. The van der Waals surface area contributed by atoms with Gasteiger partial charge in [0.05, 0.1) is 56.3 Å². The summed E-state index contributed by atoms with van der Waals surface area (Å²) in [5.41, 5.74) is 3.11. The van der Waals surface area contributed by atoms with Gasteiger partial charge in [0.2, 0.25) is 5.95 Å². The molecule has 12 nitrogen and oxygen atoms in total. The lowest BCUT2D eigenvalue weighted by atomic mass is 9.97. The van der Waals surface area contributed by atoms with Crippen LogP contribution in [0.15, 0.2) is 85.3 Å². The van der Waals surface area contributed by atoms with Crippen molar-refractivity contribution in [2.45, 2.75) is 51.4 Å². The van der Waals surface area contributed by atoms with Gasteiger partial charge in [-0.1, -0.05) is 43.7 Å². The van der Waals surface area contributed by atoms with Gasteiger partial charge in [0.25, 0.3) is 0 Å². The maximum Gasteiger partial charge on any atom is 0.212 e. The first kappa shape index (κ1) is 64.0. The zero-order valence-electron chi connectivity index (χ0n) is 41.1. The monoisotopic (exact) mass is 1420 g/mol. The summed E-state index contributed by atoms with van der Waals surface area (Å²) in [6.07, 6.45) is 10.5. The predicted molar refractivity (Wildman–Crippen MR) is 345 cm³/mol. The smallest absolute Gasteiger partial charge is 0.212 e. The highest BCUT2D eigenvalue weighted by Gasteiger charge is 2.42. The molecular weight excluding hydrogens is 1360 g/mol. The summed E-state index contributed by atoms with van der Waals surface area (Å²) in [5.74, 6) is 4.29. The molecule has 0 N–H and O–H groups in total. The summed E-state index contributed by atoms with van der Waals surface area (Å²) in [6, 6.07) is 22.0. The van der Waals surface area contributed by atoms with Crippen LogP contribution < -0.4 is 9.80 Å². The number of nitrogens with zero attached hydrogens (tertiary/aromatic N) is 9. The average Bonchev–Trinajstić information content (AvgIpc) is 3.40. The Bertz CT molecular complexity index is 2670. The fourth-order valence-electron chi connectivity index (χ4n) is 8.62. The van der Waals surface area contributed by atoms with E-state index in [1.165, 1.54) is 65.3 Å². The highest BCUT2D eigenvalue weighted by Crippen LogP contribution is 2.29. The first-order valence-corrected chi connectivity index (χ1v) is 37.7. The van der Waals surface area contributed by atoms with Gasteiger partial charge in [-0.15, -0.1) is 6.42 Å². The summed E-state index contributed by atoms with van der Waals surface area (Å²) in [4.78, 5) is 27.3. The Morgan fingerprint density at radius 1 is 0.554 bits per heavy atom. The number of hydrogen-bond acceptors (Lipinski definition) is 14. The number of terminal acetylenes is 1. The number of aromatic nitrogens is 3. The molecular formula is C49H66FI2N9O3S10. The van der Waals surface area contributed by atoms with E-state index in [1.807, 2.05) is 18.3 Å². The number of hydrogen-bond donors (Lipinski definition) is 0. The Kier molecular flexibility index (Phi) is 29.1. The molecule has 6 aliphatic rings. The number of rotatable bonds is 7. The van der Waals surface area contributed by atoms with Gasteiger partial charge in [-0.3, -0.25) is 19.6 Å². The van der Waals surface area contributed by atoms with E-state index in [9.17, 15) is 4.39 Å². The molecule has 6 fully saturated rings. The van der Waals surface area contributed by atoms with Crippen LogP contribution in [0.25, 0.3) is 0 Å². The van der Waals surface area contributed by atoms with Crippen molar-refractivity contribution < 1.29 is 18.6 Å². The SMILES string of the molecule is C.C#Cc1ccc(N2CCN(C3(C)COC3)CC2)nc1.CC1(N2CCN(Cc3ccccc3)CC2)COC1.CC1(N2CCN(c3ccc(I)cn3)CC2)COC1.Fc1ccc(I)cn1.S=S=S=S=S=S=S=S=S=S. The lowest BCUT2D eigenvalue weighted by Gasteiger charge is -2.50. The van der Waals surface area contributed by atoms with E-state index < -0.39 is 5.95 Å². The number of ether oxygens (including phenoxy) is 3. The second kappa shape index (κ2) is 33.7.